The third kappa shape index (κ3) is 54.9. The molecule has 0 bridgehead atoms. The predicted molar refractivity (Wildman–Crippen MR) is 40.3 cm³/mol. The average molecular weight is 876 g/mol. The van der Waals surface area contributed by atoms with Gasteiger partial charge in [-0.05, 0) is 0 Å². The molecule has 3 radical (unpaired) electrons. The molecule has 0 atom stereocenters. The smallest absolute Gasteiger partial charge is 2.00 e. The van der Waals surface area contributed by atoms with Crippen molar-refractivity contribution in [2.45, 2.75) is 0 Å². The zero-order valence-corrected chi connectivity index (χ0v) is 29.4. The van der Waals surface area contributed by atoms with Crippen LogP contribution < -0.4 is 0 Å². The van der Waals surface area contributed by atoms with Gasteiger partial charge in [0.2, 0.25) is 0 Å². The second kappa shape index (κ2) is 65.9. The van der Waals surface area contributed by atoms with Crippen LogP contribution in [0.3, 0.4) is 0 Å². The van der Waals surface area contributed by atoms with E-state index >= 15 is 0 Å². The third-order valence-corrected chi connectivity index (χ3v) is 0. The predicted octanol–water partition coefficient (Wildman–Crippen LogP) is -2.67. The van der Waals surface area contributed by atoms with Gasteiger partial charge in [-0.3, -0.25) is 0 Å². The minimum absolute atomic E-state index is 0. The van der Waals surface area contributed by atoms with Gasteiger partial charge in [0.25, 0.3) is 0 Å². The topological polar surface area (TPSA) is 0 Å². The van der Waals surface area contributed by atoms with Gasteiger partial charge in [0.1, 0.15) is 0 Å². The maximum Gasteiger partial charge on any atom is 2.00 e. The summed E-state index contributed by atoms with van der Waals surface area (Å²) in [4.78, 5) is 0. The van der Waals surface area contributed by atoms with Crippen molar-refractivity contribution in [3.8, 4) is 0 Å². The van der Waals surface area contributed by atoms with Crippen LogP contribution in [0.25, 0.3) is 0 Å². The molecule has 10 heteroatoms. The van der Waals surface area contributed by atoms with E-state index in [0.29, 0.717) is 0 Å². The maximum absolute atomic E-state index is 0. The molecule has 0 unspecified atom stereocenters. The minimum Gasteiger partial charge on any atom is -3.00 e. The molecule has 0 aliphatic heterocycles. The summed E-state index contributed by atoms with van der Waals surface area (Å²) in [5.41, 5.74) is 0. The van der Waals surface area contributed by atoms with E-state index in [-0.39, 0.29) is 270 Å². The largest absolute Gasteiger partial charge is 3.00 e. The standard InChI is InChI=1S/4As.3Ba.3Mn/q4*-3;6*+2. The Kier molecular flexibility index (Phi) is 517. The fourth-order valence-corrected chi connectivity index (χ4v) is 0. The molecule has 0 amide bonds. The van der Waals surface area contributed by atoms with E-state index in [1.165, 1.54) is 0 Å². The Morgan fingerprint density at radius 2 is 0.300 bits per heavy atom. The van der Waals surface area contributed by atoms with Gasteiger partial charge in [0, 0.05) is 0 Å². The van der Waals surface area contributed by atoms with Crippen LogP contribution in [0.15, 0.2) is 0 Å². The van der Waals surface area contributed by atoms with Crippen LogP contribution in [0.5, 0.6) is 0 Å². The van der Waals surface area contributed by atoms with Crippen molar-refractivity contribution >= 4 is 218 Å². The SMILES string of the molecule is [As-3].[As-3].[As-3].[As-3].[Ba+2].[Ba+2].[Ba+2].[Mn+2].[Mn+2].[Mn+2]. The molecule has 0 saturated carbocycles. The summed E-state index contributed by atoms with van der Waals surface area (Å²) < 4.78 is 0. The Morgan fingerprint density at radius 1 is 0.300 bits per heavy atom. The van der Waals surface area contributed by atoms with Crippen LogP contribution in [0.2, 0.25) is 0 Å². The second-order valence-corrected chi connectivity index (χ2v) is 0. The molecule has 0 aromatic heterocycles. The minimum atomic E-state index is 0. The fourth-order valence-electron chi connectivity index (χ4n) is 0. The molecule has 0 rings (SSSR count). The first-order valence-corrected chi connectivity index (χ1v) is 0. The van der Waals surface area contributed by atoms with Crippen molar-refractivity contribution in [1.82, 2.24) is 0 Å². The van der Waals surface area contributed by atoms with E-state index in [2.05, 4.69) is 0 Å². The van der Waals surface area contributed by atoms with E-state index < -0.39 is 0 Å². The van der Waals surface area contributed by atoms with Crippen LogP contribution in [-0.4, -0.2) is 218 Å². The second-order valence-electron chi connectivity index (χ2n) is 0. The van der Waals surface area contributed by atoms with Crippen molar-refractivity contribution in [2.75, 3.05) is 0 Å². The number of rotatable bonds is 0. The summed E-state index contributed by atoms with van der Waals surface area (Å²) >= 11 is 0. The molecule has 10 heavy (non-hydrogen) atoms. The Bertz CT molecular complexity index is 15.7. The normalized spacial score (nSPS) is 0. The van der Waals surface area contributed by atoms with Crippen LogP contribution in [0.1, 0.15) is 0 Å². The van der Waals surface area contributed by atoms with Crippen LogP contribution in [0.4, 0.5) is 0 Å². The van der Waals surface area contributed by atoms with Gasteiger partial charge < -0.3 is 71.8 Å². The first-order valence-electron chi connectivity index (χ1n) is 0. The fraction of sp³-hybridized carbons (Fsp3) is 0. The molecule has 47 valence electrons. The molecule has 0 spiro atoms. The zero-order chi connectivity index (χ0) is 0. The van der Waals surface area contributed by atoms with Gasteiger partial charge in [-0.1, -0.05) is 0 Å². The molecule has 0 saturated heterocycles. The van der Waals surface area contributed by atoms with Gasteiger partial charge in [-0.15, -0.1) is 0 Å². The molecular formula is As4Ba3Mn3. The zero-order valence-electron chi connectivity index (χ0n) is 5.04. The van der Waals surface area contributed by atoms with Gasteiger partial charge in [-0.2, -0.15) is 0 Å². The van der Waals surface area contributed by atoms with Gasteiger partial charge in [0.05, 0.1) is 0 Å². The Hall–Kier alpha value is 8.51. The Labute approximate surface area is 261 Å². The summed E-state index contributed by atoms with van der Waals surface area (Å²) in [6.45, 7) is 0. The monoisotopic (exact) mass is 878 g/mol. The van der Waals surface area contributed by atoms with Crippen molar-refractivity contribution in [3.05, 3.63) is 0 Å². The first kappa shape index (κ1) is 78.4. The van der Waals surface area contributed by atoms with E-state index in [9.17, 15) is 0 Å². The third-order valence-electron chi connectivity index (χ3n) is 0. The molecule has 0 aromatic carbocycles. The van der Waals surface area contributed by atoms with Crippen molar-refractivity contribution in [3.63, 3.8) is 0 Å². The van der Waals surface area contributed by atoms with Gasteiger partial charge >= 0.3 is 198 Å². The van der Waals surface area contributed by atoms with Crippen LogP contribution >= 0.6 is 0 Å². The van der Waals surface area contributed by atoms with E-state index in [0.717, 1.165) is 0 Å². The summed E-state index contributed by atoms with van der Waals surface area (Å²) in [6, 6.07) is 0. The van der Waals surface area contributed by atoms with Crippen molar-refractivity contribution in [2.24, 2.45) is 0 Å². The van der Waals surface area contributed by atoms with E-state index in [1.54, 1.807) is 0 Å². The summed E-state index contributed by atoms with van der Waals surface area (Å²) in [5, 5.41) is 0. The number of hydrogen-bond acceptors (Lipinski definition) is 0. The molecule has 0 aliphatic rings. The van der Waals surface area contributed by atoms with E-state index in [4.69, 9.17) is 0 Å². The van der Waals surface area contributed by atoms with Gasteiger partial charge in [-0.25, -0.2) is 0 Å². The van der Waals surface area contributed by atoms with Crippen molar-refractivity contribution in [1.29, 1.82) is 0 Å². The molecule has 0 aliphatic carbocycles. The molecule has 0 nitrogen and oxygen atoms in total. The molecule has 0 heterocycles. The van der Waals surface area contributed by atoms with E-state index in [1.807, 2.05) is 0 Å². The average Bonchev–Trinajstić information content (AvgIpc) is 0. The Morgan fingerprint density at radius 3 is 0.300 bits per heavy atom. The quantitative estimate of drug-likeness (QED) is 0.234. The molecule has 0 aromatic rings. The first-order chi connectivity index (χ1) is 0. The maximum atomic E-state index is 0. The Balaban J connectivity index is 0. The summed E-state index contributed by atoms with van der Waals surface area (Å²) in [6.07, 6.45) is 0. The summed E-state index contributed by atoms with van der Waals surface area (Å²) in [7, 11) is 0. The summed E-state index contributed by atoms with van der Waals surface area (Å²) in [5.74, 6) is 0. The van der Waals surface area contributed by atoms with Crippen LogP contribution in [-0.2, 0) is 51.2 Å². The molecule has 0 N–H and O–H groups in total. The molecule has 0 fully saturated rings. The van der Waals surface area contributed by atoms with Crippen LogP contribution in [0, 0.1) is 0 Å². The van der Waals surface area contributed by atoms with Gasteiger partial charge in [0.15, 0.2) is 0 Å². The molecular weight excluding hydrogens is 876 g/mol. The number of hydrogen-bond donors (Lipinski definition) is 0. The van der Waals surface area contributed by atoms with Crippen molar-refractivity contribution < 1.29 is 51.2 Å².